The van der Waals surface area contributed by atoms with E-state index in [1.165, 1.54) is 0 Å². The number of rotatable bonds is 9. The second kappa shape index (κ2) is 8.95. The molecule has 3 N–H and O–H groups in total. The van der Waals surface area contributed by atoms with E-state index in [1.54, 1.807) is 0 Å². The van der Waals surface area contributed by atoms with Crippen LogP contribution in [0.3, 0.4) is 0 Å². The highest BCUT2D eigenvalue weighted by atomic mass is 16.4. The molecule has 0 unspecified atom stereocenters. The summed E-state index contributed by atoms with van der Waals surface area (Å²) in [5.41, 5.74) is 2.58. The van der Waals surface area contributed by atoms with Crippen molar-refractivity contribution in [1.82, 2.24) is 24.8 Å². The lowest BCUT2D eigenvalue weighted by molar-refractivity contribution is -0.137. The highest BCUT2D eigenvalue weighted by molar-refractivity contribution is 5.81. The van der Waals surface area contributed by atoms with Crippen LogP contribution in [0.15, 0.2) is 21.7 Å². The molecule has 9 nitrogen and oxygen atoms in total. The van der Waals surface area contributed by atoms with Crippen molar-refractivity contribution in [3.63, 3.8) is 0 Å². The average molecular weight is 399 g/mol. The minimum atomic E-state index is -0.767. The summed E-state index contributed by atoms with van der Waals surface area (Å²) in [5.74, 6) is -0.491. The van der Waals surface area contributed by atoms with Gasteiger partial charge in [-0.3, -0.25) is 14.6 Å². The van der Waals surface area contributed by atoms with E-state index in [0.717, 1.165) is 36.0 Å². The average Bonchev–Trinajstić information content (AvgIpc) is 2.65. The van der Waals surface area contributed by atoms with Crippen molar-refractivity contribution in [2.45, 2.75) is 46.1 Å². The Hall–Kier alpha value is -3.07. The molecular weight excluding hydrogens is 374 g/mol. The summed E-state index contributed by atoms with van der Waals surface area (Å²) < 4.78 is 1.86. The fraction of sp³-hybridized carbons (Fsp3) is 0.450. The zero-order valence-electron chi connectivity index (χ0n) is 16.6. The first-order chi connectivity index (χ1) is 13.9. The zero-order chi connectivity index (χ0) is 21.0. The second-order valence-corrected chi connectivity index (χ2v) is 7.19. The number of carboxylic acid groups (broad SMARTS) is 1. The summed E-state index contributed by atoms with van der Waals surface area (Å²) in [5, 5.41) is 12.0. The van der Waals surface area contributed by atoms with E-state index in [2.05, 4.69) is 20.3 Å². The maximum Gasteiger partial charge on any atom is 0.349 e. The Labute approximate surface area is 167 Å². The fourth-order valence-corrected chi connectivity index (χ4v) is 3.30. The molecule has 154 valence electrons. The molecule has 29 heavy (non-hydrogen) atoms. The number of fused-ring (bicyclic) bond motifs is 2. The highest BCUT2D eigenvalue weighted by Gasteiger charge is 2.18. The van der Waals surface area contributed by atoms with E-state index < -0.39 is 17.2 Å². The topological polar surface area (TPSA) is 130 Å². The summed E-state index contributed by atoms with van der Waals surface area (Å²) >= 11 is 0. The van der Waals surface area contributed by atoms with Gasteiger partial charge < -0.3 is 15.0 Å². The first kappa shape index (κ1) is 20.7. The molecule has 1 aromatic carbocycles. The molecule has 3 rings (SSSR count). The molecule has 9 heteroatoms. The standard InChI is InChI=1S/C20H25N5O4/c1-12-10-14-15(11-13(12)2)25(9-8-21-7-5-3-4-6-16(26)27)18-17(22-14)19(28)24-20(29)23-18/h10-11,21H,3-9H2,1-2H3,(H,26,27)(H,24,28,29). The number of aromatic nitrogens is 4. The minimum absolute atomic E-state index is 0.147. The number of carbonyl (C=O) groups is 1. The number of unbranched alkanes of at least 4 members (excludes halogenated alkanes) is 2. The molecule has 0 fully saturated rings. The maximum atomic E-state index is 12.2. The number of aliphatic carboxylic acids is 1. The molecule has 0 amide bonds. The number of benzene rings is 1. The molecule has 2 aliphatic heterocycles. The molecule has 0 aliphatic carbocycles. The van der Waals surface area contributed by atoms with Gasteiger partial charge in [0.15, 0.2) is 11.5 Å². The van der Waals surface area contributed by atoms with E-state index in [9.17, 15) is 14.4 Å². The number of aryl methyl sites for hydroxylation is 2. The summed E-state index contributed by atoms with van der Waals surface area (Å²) in [4.78, 5) is 45.2. The Morgan fingerprint density at radius 3 is 2.62 bits per heavy atom. The van der Waals surface area contributed by atoms with Crippen molar-refractivity contribution in [2.24, 2.45) is 0 Å². The Morgan fingerprint density at radius 1 is 1.10 bits per heavy atom. The van der Waals surface area contributed by atoms with E-state index in [-0.39, 0.29) is 17.9 Å². The third kappa shape index (κ3) is 4.86. The molecule has 2 heterocycles. The van der Waals surface area contributed by atoms with Crippen LogP contribution in [0.5, 0.6) is 0 Å². The number of hydrogen-bond acceptors (Lipinski definition) is 6. The van der Waals surface area contributed by atoms with E-state index in [4.69, 9.17) is 5.11 Å². The van der Waals surface area contributed by atoms with E-state index in [1.807, 2.05) is 30.5 Å². The van der Waals surface area contributed by atoms with Crippen molar-refractivity contribution in [2.75, 3.05) is 13.1 Å². The molecule has 0 atom stereocenters. The van der Waals surface area contributed by atoms with Crippen LogP contribution in [0, 0.1) is 13.8 Å². The van der Waals surface area contributed by atoms with E-state index >= 15 is 0 Å². The third-order valence-corrected chi connectivity index (χ3v) is 4.98. The number of nitrogens with one attached hydrogen (secondary N) is 2. The Bertz CT molecular complexity index is 1120. The first-order valence-corrected chi connectivity index (χ1v) is 9.71. The third-order valence-electron chi connectivity index (χ3n) is 4.98. The largest absolute Gasteiger partial charge is 0.481 e. The Morgan fingerprint density at radius 2 is 1.86 bits per heavy atom. The summed E-state index contributed by atoms with van der Waals surface area (Å²) in [6.07, 6.45) is 2.60. The van der Waals surface area contributed by atoms with Crippen molar-refractivity contribution in [3.05, 3.63) is 44.1 Å². The van der Waals surface area contributed by atoms with Crippen LogP contribution in [-0.4, -0.2) is 43.7 Å². The van der Waals surface area contributed by atoms with Crippen molar-refractivity contribution < 1.29 is 9.90 Å². The fourth-order valence-electron chi connectivity index (χ4n) is 3.30. The normalized spacial score (nSPS) is 11.4. The molecule has 2 aliphatic rings. The molecule has 0 radical (unpaired) electrons. The Kier molecular flexibility index (Phi) is 6.38. The van der Waals surface area contributed by atoms with Gasteiger partial charge in [-0.15, -0.1) is 0 Å². The van der Waals surface area contributed by atoms with Gasteiger partial charge in [0.05, 0.1) is 11.0 Å². The predicted octanol–water partition coefficient (Wildman–Crippen LogP) is 1.44. The smallest absolute Gasteiger partial charge is 0.349 e. The van der Waals surface area contributed by atoms with Crippen molar-refractivity contribution in [3.8, 4) is 11.5 Å². The van der Waals surface area contributed by atoms with Gasteiger partial charge in [-0.05, 0) is 56.5 Å². The van der Waals surface area contributed by atoms with Gasteiger partial charge in [-0.2, -0.15) is 4.98 Å². The van der Waals surface area contributed by atoms with Gasteiger partial charge in [0.2, 0.25) is 0 Å². The van der Waals surface area contributed by atoms with Gasteiger partial charge in [-0.1, -0.05) is 6.42 Å². The molecule has 0 spiro atoms. The van der Waals surface area contributed by atoms with Crippen molar-refractivity contribution in [1.29, 1.82) is 0 Å². The first-order valence-electron chi connectivity index (χ1n) is 9.71. The van der Waals surface area contributed by atoms with Crippen LogP contribution in [0.2, 0.25) is 0 Å². The van der Waals surface area contributed by atoms with Gasteiger partial charge >= 0.3 is 11.7 Å². The van der Waals surface area contributed by atoms with Gasteiger partial charge in [-0.25, -0.2) is 9.78 Å². The van der Waals surface area contributed by atoms with Gasteiger partial charge in [0.1, 0.15) is 0 Å². The van der Waals surface area contributed by atoms with Gasteiger partial charge in [0.25, 0.3) is 5.56 Å². The molecular formula is C20H25N5O4. The van der Waals surface area contributed by atoms with Crippen LogP contribution in [0.4, 0.5) is 0 Å². The number of hydrogen-bond donors (Lipinski definition) is 3. The lowest BCUT2D eigenvalue weighted by Gasteiger charge is -2.18. The predicted molar refractivity (Wildman–Crippen MR) is 109 cm³/mol. The minimum Gasteiger partial charge on any atom is -0.481 e. The van der Waals surface area contributed by atoms with Crippen LogP contribution in [-0.2, 0) is 11.3 Å². The van der Waals surface area contributed by atoms with Crippen LogP contribution >= 0.6 is 0 Å². The molecule has 0 saturated heterocycles. The van der Waals surface area contributed by atoms with Crippen LogP contribution in [0.25, 0.3) is 22.6 Å². The molecule has 1 aromatic rings. The maximum absolute atomic E-state index is 12.2. The SMILES string of the molecule is Cc1cc2nc3c(=O)[nH]c(=O)nc-3n(CCNCCCCCC(=O)O)c2cc1C. The van der Waals surface area contributed by atoms with E-state index in [0.29, 0.717) is 25.0 Å². The number of aromatic amines is 1. The van der Waals surface area contributed by atoms with Crippen LogP contribution < -0.4 is 16.6 Å². The number of H-pyrrole nitrogens is 1. The summed E-state index contributed by atoms with van der Waals surface area (Å²) in [6.45, 7) is 5.89. The lowest BCUT2D eigenvalue weighted by atomic mass is 10.1. The highest BCUT2D eigenvalue weighted by Crippen LogP contribution is 2.23. The molecule has 0 bridgehead atoms. The summed E-state index contributed by atoms with van der Waals surface area (Å²) in [6, 6.07) is 3.93. The second-order valence-electron chi connectivity index (χ2n) is 7.19. The summed E-state index contributed by atoms with van der Waals surface area (Å²) in [7, 11) is 0. The quantitative estimate of drug-likeness (QED) is 0.367. The number of carboxylic acids is 1. The Balaban J connectivity index is 1.81. The number of nitrogens with zero attached hydrogens (tertiary/aromatic N) is 3. The zero-order valence-corrected chi connectivity index (χ0v) is 16.6. The van der Waals surface area contributed by atoms with Crippen LogP contribution in [0.1, 0.15) is 36.8 Å². The monoisotopic (exact) mass is 399 g/mol. The lowest BCUT2D eigenvalue weighted by Crippen LogP contribution is -2.30. The molecule has 0 saturated carbocycles. The van der Waals surface area contributed by atoms with Crippen molar-refractivity contribution >= 4 is 17.0 Å². The molecule has 0 aromatic heterocycles. The van der Waals surface area contributed by atoms with Gasteiger partial charge in [0, 0.05) is 19.5 Å².